The van der Waals surface area contributed by atoms with Crippen molar-refractivity contribution in [3.8, 4) is 0 Å². The lowest BCUT2D eigenvalue weighted by Gasteiger charge is -2.12. The van der Waals surface area contributed by atoms with Crippen LogP contribution in [-0.2, 0) is 11.0 Å². The average molecular weight is 551 g/mol. The zero-order valence-electron chi connectivity index (χ0n) is 20.0. The van der Waals surface area contributed by atoms with Crippen LogP contribution in [0.15, 0.2) is 60.8 Å². The lowest BCUT2D eigenvalue weighted by molar-refractivity contribution is -0.137. The van der Waals surface area contributed by atoms with Gasteiger partial charge in [0.2, 0.25) is 5.95 Å². The molecule has 38 heavy (non-hydrogen) atoms. The van der Waals surface area contributed by atoms with Gasteiger partial charge in [0.05, 0.1) is 17.4 Å². The van der Waals surface area contributed by atoms with Crippen LogP contribution in [0.25, 0.3) is 0 Å². The number of anilines is 4. The summed E-state index contributed by atoms with van der Waals surface area (Å²) in [7, 11) is 0. The molecule has 3 aromatic rings. The van der Waals surface area contributed by atoms with Crippen molar-refractivity contribution in [3.05, 3.63) is 82.8 Å². The predicted molar refractivity (Wildman–Crippen MR) is 137 cm³/mol. The zero-order chi connectivity index (χ0) is 27.9. The van der Waals surface area contributed by atoms with E-state index in [0.29, 0.717) is 24.5 Å². The molecule has 13 heteroatoms. The van der Waals surface area contributed by atoms with Crippen LogP contribution in [0.3, 0.4) is 0 Å². The smallest absolute Gasteiger partial charge is 0.369 e. The van der Waals surface area contributed by atoms with Gasteiger partial charge in [-0.15, -0.1) is 0 Å². The van der Waals surface area contributed by atoms with Gasteiger partial charge in [0.25, 0.3) is 11.8 Å². The minimum Gasteiger partial charge on any atom is -0.369 e. The molecule has 1 heterocycles. The first-order valence-electron chi connectivity index (χ1n) is 11.2. The molecule has 0 fully saturated rings. The topological polar surface area (TPSA) is 108 Å². The molecule has 0 unspecified atom stereocenters. The number of carbonyl (C=O) groups is 2. The number of nitrogens with zero attached hydrogens (tertiary/aromatic N) is 2. The molecule has 8 nitrogen and oxygen atoms in total. The molecule has 0 aliphatic heterocycles. The van der Waals surface area contributed by atoms with Gasteiger partial charge in [-0.2, -0.15) is 18.2 Å². The number of rotatable bonds is 10. The zero-order valence-corrected chi connectivity index (χ0v) is 20.8. The molecule has 0 saturated carbocycles. The van der Waals surface area contributed by atoms with Crippen molar-refractivity contribution in [1.82, 2.24) is 15.3 Å². The summed E-state index contributed by atoms with van der Waals surface area (Å²) in [5.74, 6) is -1.20. The normalized spacial score (nSPS) is 11.0. The lowest BCUT2D eigenvalue weighted by Crippen LogP contribution is -2.26. The summed E-state index contributed by atoms with van der Waals surface area (Å²) in [5, 5.41) is 11.2. The third kappa shape index (κ3) is 7.90. The van der Waals surface area contributed by atoms with Crippen LogP contribution in [0.5, 0.6) is 0 Å². The highest BCUT2D eigenvalue weighted by Gasteiger charge is 2.30. The highest BCUT2D eigenvalue weighted by atomic mass is 35.5. The molecule has 0 atom stereocenters. The fourth-order valence-corrected chi connectivity index (χ4v) is 3.18. The van der Waals surface area contributed by atoms with Crippen LogP contribution >= 0.6 is 11.6 Å². The second-order valence-electron chi connectivity index (χ2n) is 8.06. The Balaban J connectivity index is 1.52. The van der Waals surface area contributed by atoms with E-state index in [2.05, 4.69) is 37.8 Å². The number of amides is 2. The van der Waals surface area contributed by atoms with E-state index in [1.54, 1.807) is 0 Å². The fraction of sp³-hybridized carbons (Fsp3) is 0.200. The van der Waals surface area contributed by atoms with Crippen molar-refractivity contribution < 1.29 is 27.2 Å². The van der Waals surface area contributed by atoms with Crippen LogP contribution in [0.1, 0.15) is 29.3 Å². The average Bonchev–Trinajstić information content (AvgIpc) is 2.87. The Morgan fingerprint density at radius 3 is 2.45 bits per heavy atom. The number of hydrogen-bond acceptors (Lipinski definition) is 6. The number of benzene rings is 2. The number of carbonyl (C=O) groups excluding carboxylic acids is 2. The largest absolute Gasteiger partial charge is 0.416 e. The standard InChI is InChI=1S/C25H23ClF4N6O2/c1-14(2)22(37)35-20-12-17(8-9-19(20)27)34-24-33-13-18(26)21(36-24)31-10-3-11-32-23(38)15-4-6-16(7-5-15)25(28,29)30/h4-9,12-13H,1,3,10-11H2,2H3,(H,32,38)(H,35,37)(H2,31,33,34,36). The van der Waals surface area contributed by atoms with E-state index < -0.39 is 29.4 Å². The summed E-state index contributed by atoms with van der Waals surface area (Å²) in [4.78, 5) is 32.3. The molecule has 2 aromatic carbocycles. The van der Waals surface area contributed by atoms with Crippen LogP contribution in [0, 0.1) is 5.82 Å². The van der Waals surface area contributed by atoms with Gasteiger partial charge in [-0.05, 0) is 55.8 Å². The van der Waals surface area contributed by atoms with E-state index in [4.69, 9.17) is 11.6 Å². The summed E-state index contributed by atoms with van der Waals surface area (Å²) in [6, 6.07) is 7.92. The Labute approximate surface area is 220 Å². The van der Waals surface area contributed by atoms with Gasteiger partial charge in [0.1, 0.15) is 16.7 Å². The van der Waals surface area contributed by atoms with Crippen molar-refractivity contribution in [2.75, 3.05) is 29.0 Å². The van der Waals surface area contributed by atoms with Gasteiger partial charge in [0.15, 0.2) is 0 Å². The van der Waals surface area contributed by atoms with Gasteiger partial charge in [-0.25, -0.2) is 9.37 Å². The van der Waals surface area contributed by atoms with Crippen LogP contribution in [0.4, 0.5) is 40.7 Å². The van der Waals surface area contributed by atoms with Gasteiger partial charge in [0, 0.05) is 29.9 Å². The third-order valence-corrected chi connectivity index (χ3v) is 5.28. The molecule has 0 aliphatic rings. The monoisotopic (exact) mass is 550 g/mol. The second kappa shape index (κ2) is 12.4. The molecule has 0 saturated heterocycles. The van der Waals surface area contributed by atoms with Gasteiger partial charge < -0.3 is 21.3 Å². The van der Waals surface area contributed by atoms with Gasteiger partial charge >= 0.3 is 6.18 Å². The molecule has 1 aromatic heterocycles. The third-order valence-electron chi connectivity index (χ3n) is 5.01. The highest BCUT2D eigenvalue weighted by molar-refractivity contribution is 6.32. The van der Waals surface area contributed by atoms with Crippen molar-refractivity contribution in [1.29, 1.82) is 0 Å². The quantitative estimate of drug-likeness (QED) is 0.145. The molecule has 0 bridgehead atoms. The van der Waals surface area contributed by atoms with Gasteiger partial charge in [-0.1, -0.05) is 18.2 Å². The van der Waals surface area contributed by atoms with E-state index in [1.165, 1.54) is 31.3 Å². The molecule has 0 spiro atoms. The Morgan fingerprint density at radius 2 is 1.79 bits per heavy atom. The Kier molecular flexibility index (Phi) is 9.24. The summed E-state index contributed by atoms with van der Waals surface area (Å²) in [5.41, 5.74) is -0.137. The number of aromatic nitrogens is 2. The molecule has 4 N–H and O–H groups in total. The lowest BCUT2D eigenvalue weighted by atomic mass is 10.1. The molecule has 3 rings (SSSR count). The highest BCUT2D eigenvalue weighted by Crippen LogP contribution is 2.29. The Morgan fingerprint density at radius 1 is 1.08 bits per heavy atom. The van der Waals surface area contributed by atoms with Crippen molar-refractivity contribution in [2.24, 2.45) is 0 Å². The molecule has 0 aliphatic carbocycles. The number of halogens is 5. The van der Waals surface area contributed by atoms with Crippen molar-refractivity contribution in [2.45, 2.75) is 19.5 Å². The second-order valence-corrected chi connectivity index (χ2v) is 8.46. The Hall–Kier alpha value is -4.19. The fourth-order valence-electron chi connectivity index (χ4n) is 3.02. The van der Waals surface area contributed by atoms with E-state index >= 15 is 0 Å². The predicted octanol–water partition coefficient (Wildman–Crippen LogP) is 5.78. The van der Waals surface area contributed by atoms with E-state index in [1.807, 2.05) is 0 Å². The maximum absolute atomic E-state index is 14.1. The first kappa shape index (κ1) is 28.4. The maximum atomic E-state index is 14.1. The SMILES string of the molecule is C=C(C)C(=O)Nc1cc(Nc2ncc(Cl)c(NCCCNC(=O)c3ccc(C(F)(F)F)cc3)n2)ccc1F. The summed E-state index contributed by atoms with van der Waals surface area (Å²) in [6.45, 7) is 5.62. The van der Waals surface area contributed by atoms with Crippen molar-refractivity contribution >= 4 is 46.6 Å². The van der Waals surface area contributed by atoms with E-state index in [-0.39, 0.29) is 34.3 Å². The minimum atomic E-state index is -4.47. The number of hydrogen-bond donors (Lipinski definition) is 4. The summed E-state index contributed by atoms with van der Waals surface area (Å²) >= 11 is 6.15. The van der Waals surface area contributed by atoms with Crippen molar-refractivity contribution in [3.63, 3.8) is 0 Å². The Bertz CT molecular complexity index is 1330. The molecular weight excluding hydrogens is 528 g/mol. The number of nitrogens with one attached hydrogen (secondary N) is 4. The first-order valence-corrected chi connectivity index (χ1v) is 11.6. The van der Waals surface area contributed by atoms with E-state index in [0.717, 1.165) is 24.3 Å². The minimum absolute atomic E-state index is 0.0475. The summed E-state index contributed by atoms with van der Waals surface area (Å²) < 4.78 is 52.0. The molecule has 2 amide bonds. The van der Waals surface area contributed by atoms with Crippen LogP contribution < -0.4 is 21.3 Å². The summed E-state index contributed by atoms with van der Waals surface area (Å²) in [6.07, 6.45) is -2.65. The van der Waals surface area contributed by atoms with Crippen LogP contribution in [0.2, 0.25) is 5.02 Å². The maximum Gasteiger partial charge on any atom is 0.416 e. The van der Waals surface area contributed by atoms with E-state index in [9.17, 15) is 27.2 Å². The van der Waals surface area contributed by atoms with Gasteiger partial charge in [-0.3, -0.25) is 9.59 Å². The first-order chi connectivity index (χ1) is 17.9. The molecular formula is C25H23ClF4N6O2. The van der Waals surface area contributed by atoms with Crippen LogP contribution in [-0.4, -0.2) is 34.9 Å². The molecule has 200 valence electrons. The number of alkyl halides is 3. The molecule has 0 radical (unpaired) electrons.